The van der Waals surface area contributed by atoms with Gasteiger partial charge in [-0.1, -0.05) is 6.07 Å². The number of nitrogens with zero attached hydrogens (tertiary/aromatic N) is 4. The maximum Gasteiger partial charge on any atom is 0.174 e. The smallest absolute Gasteiger partial charge is 0.174 e. The summed E-state index contributed by atoms with van der Waals surface area (Å²) in [6, 6.07) is 9.41. The maximum atomic E-state index is 14.3. The van der Waals surface area contributed by atoms with E-state index in [-0.39, 0.29) is 11.5 Å². The minimum atomic E-state index is -0.626. The van der Waals surface area contributed by atoms with E-state index in [9.17, 15) is 8.78 Å². The van der Waals surface area contributed by atoms with Crippen molar-refractivity contribution >= 4 is 21.7 Å². The Bertz CT molecular complexity index is 1180. The molecule has 3 aromatic heterocycles. The van der Waals surface area contributed by atoms with Gasteiger partial charge in [0.05, 0.1) is 10.7 Å². The Kier molecular flexibility index (Phi) is 6.58. The second kappa shape index (κ2) is 9.53. The van der Waals surface area contributed by atoms with Crippen molar-refractivity contribution < 1.29 is 13.5 Å². The van der Waals surface area contributed by atoms with Gasteiger partial charge in [-0.25, -0.2) is 23.7 Å². The van der Waals surface area contributed by atoms with Gasteiger partial charge in [-0.05, 0) is 51.0 Å². The second-order valence-corrected chi connectivity index (χ2v) is 8.50. The fourth-order valence-corrected chi connectivity index (χ4v) is 4.26. The number of ether oxygens (including phenoxy) is 1. The van der Waals surface area contributed by atoms with E-state index < -0.39 is 11.6 Å². The molecular weight excluding hydrogens is 418 g/mol. The SMILES string of the molecule is Cc1ccccn1.Cc1nc2nc(C3CCOCC3)nc(-c3ccc(F)cc3F)c2s1. The number of aromatic nitrogens is 4. The van der Waals surface area contributed by atoms with Gasteiger partial charge in [-0.2, -0.15) is 0 Å². The molecule has 31 heavy (non-hydrogen) atoms. The van der Waals surface area contributed by atoms with Crippen molar-refractivity contribution in [3.05, 3.63) is 70.8 Å². The number of fused-ring (bicyclic) bond motifs is 1. The molecule has 5 rings (SSSR count). The molecule has 1 fully saturated rings. The minimum absolute atomic E-state index is 0.174. The molecule has 0 aliphatic carbocycles. The number of rotatable bonds is 2. The lowest BCUT2D eigenvalue weighted by molar-refractivity contribution is 0.0836. The molecule has 8 heteroatoms. The predicted molar refractivity (Wildman–Crippen MR) is 117 cm³/mol. The highest BCUT2D eigenvalue weighted by atomic mass is 32.1. The van der Waals surface area contributed by atoms with Gasteiger partial charge in [0, 0.05) is 42.7 Å². The molecular formula is C23H22F2N4OS. The molecule has 0 atom stereocenters. The molecule has 4 aromatic rings. The minimum Gasteiger partial charge on any atom is -0.381 e. The van der Waals surface area contributed by atoms with Gasteiger partial charge in [0.1, 0.15) is 22.2 Å². The average molecular weight is 441 g/mol. The first-order chi connectivity index (χ1) is 15.0. The number of benzene rings is 1. The van der Waals surface area contributed by atoms with E-state index in [2.05, 4.69) is 19.9 Å². The maximum absolute atomic E-state index is 14.3. The topological polar surface area (TPSA) is 60.8 Å². The third-order valence-electron chi connectivity index (χ3n) is 4.96. The molecule has 160 valence electrons. The monoisotopic (exact) mass is 440 g/mol. The van der Waals surface area contributed by atoms with Crippen molar-refractivity contribution in [3.8, 4) is 11.3 Å². The van der Waals surface area contributed by atoms with Crippen LogP contribution in [0.15, 0.2) is 42.6 Å². The van der Waals surface area contributed by atoms with Crippen molar-refractivity contribution in [2.45, 2.75) is 32.6 Å². The summed E-state index contributed by atoms with van der Waals surface area (Å²) >= 11 is 1.42. The van der Waals surface area contributed by atoms with Crippen LogP contribution in [-0.4, -0.2) is 33.1 Å². The lowest BCUT2D eigenvalue weighted by atomic mass is 9.99. The van der Waals surface area contributed by atoms with E-state index in [1.54, 1.807) is 6.20 Å². The Morgan fingerprint density at radius 3 is 2.45 bits per heavy atom. The molecule has 5 nitrogen and oxygen atoms in total. The summed E-state index contributed by atoms with van der Waals surface area (Å²) < 4.78 is 33.7. The van der Waals surface area contributed by atoms with Crippen LogP contribution in [0.3, 0.4) is 0 Å². The van der Waals surface area contributed by atoms with Crippen LogP contribution in [0.25, 0.3) is 21.6 Å². The van der Waals surface area contributed by atoms with E-state index >= 15 is 0 Å². The molecule has 1 saturated heterocycles. The molecule has 1 aliphatic rings. The fourth-order valence-electron chi connectivity index (χ4n) is 3.40. The molecule has 0 N–H and O–H groups in total. The average Bonchev–Trinajstić information content (AvgIpc) is 3.15. The quantitative estimate of drug-likeness (QED) is 0.405. The Labute approximate surface area is 183 Å². The second-order valence-electron chi connectivity index (χ2n) is 7.30. The number of halogens is 2. The van der Waals surface area contributed by atoms with E-state index in [0.29, 0.717) is 30.4 Å². The van der Waals surface area contributed by atoms with Crippen molar-refractivity contribution in [2.24, 2.45) is 0 Å². The zero-order valence-corrected chi connectivity index (χ0v) is 18.1. The van der Waals surface area contributed by atoms with Crippen LogP contribution < -0.4 is 0 Å². The molecule has 0 spiro atoms. The van der Waals surface area contributed by atoms with Crippen molar-refractivity contribution in [3.63, 3.8) is 0 Å². The molecule has 0 saturated carbocycles. The number of pyridine rings is 1. The van der Waals surface area contributed by atoms with Crippen LogP contribution in [0.5, 0.6) is 0 Å². The van der Waals surface area contributed by atoms with Crippen molar-refractivity contribution in [1.82, 2.24) is 19.9 Å². The first-order valence-corrected chi connectivity index (χ1v) is 10.9. The summed E-state index contributed by atoms with van der Waals surface area (Å²) in [7, 11) is 0. The van der Waals surface area contributed by atoms with Crippen LogP contribution >= 0.6 is 11.3 Å². The number of hydrogen-bond acceptors (Lipinski definition) is 6. The lowest BCUT2D eigenvalue weighted by Gasteiger charge is -2.21. The summed E-state index contributed by atoms with van der Waals surface area (Å²) in [5, 5.41) is 0.840. The van der Waals surface area contributed by atoms with E-state index in [4.69, 9.17) is 4.74 Å². The van der Waals surface area contributed by atoms with E-state index in [0.717, 1.165) is 34.3 Å². The fraction of sp³-hybridized carbons (Fsp3) is 0.304. The summed E-state index contributed by atoms with van der Waals surface area (Å²) in [6.07, 6.45) is 3.45. The Hall–Kier alpha value is -2.84. The zero-order chi connectivity index (χ0) is 21.8. The van der Waals surface area contributed by atoms with E-state index in [1.165, 1.54) is 23.5 Å². The highest BCUT2D eigenvalue weighted by molar-refractivity contribution is 7.19. The number of thiazole rings is 1. The highest BCUT2D eigenvalue weighted by Gasteiger charge is 2.23. The van der Waals surface area contributed by atoms with Crippen LogP contribution in [-0.2, 0) is 4.74 Å². The van der Waals surface area contributed by atoms with Gasteiger partial charge in [-0.3, -0.25) is 4.98 Å². The first kappa shape index (κ1) is 21.4. The van der Waals surface area contributed by atoms with Gasteiger partial charge in [0.25, 0.3) is 0 Å². The highest BCUT2D eigenvalue weighted by Crippen LogP contribution is 2.35. The third kappa shape index (κ3) is 5.08. The lowest BCUT2D eigenvalue weighted by Crippen LogP contribution is -2.16. The van der Waals surface area contributed by atoms with Crippen LogP contribution in [0.4, 0.5) is 8.78 Å². The summed E-state index contributed by atoms with van der Waals surface area (Å²) in [4.78, 5) is 17.7. The first-order valence-electron chi connectivity index (χ1n) is 10.1. The predicted octanol–water partition coefficient (Wildman–Crippen LogP) is 5.62. The van der Waals surface area contributed by atoms with Gasteiger partial charge in [0.2, 0.25) is 0 Å². The van der Waals surface area contributed by atoms with E-state index in [1.807, 2.05) is 32.0 Å². The molecule has 4 heterocycles. The summed E-state index contributed by atoms with van der Waals surface area (Å²) in [5.41, 5.74) is 2.42. The van der Waals surface area contributed by atoms with Gasteiger partial charge < -0.3 is 4.74 Å². The van der Waals surface area contributed by atoms with Gasteiger partial charge in [0.15, 0.2) is 5.65 Å². The molecule has 1 aliphatic heterocycles. The normalized spacial score (nSPS) is 14.3. The zero-order valence-electron chi connectivity index (χ0n) is 17.3. The Morgan fingerprint density at radius 1 is 1.00 bits per heavy atom. The van der Waals surface area contributed by atoms with Gasteiger partial charge in [-0.15, -0.1) is 11.3 Å². The Morgan fingerprint density at radius 2 is 1.81 bits per heavy atom. The largest absolute Gasteiger partial charge is 0.381 e. The van der Waals surface area contributed by atoms with Crippen LogP contribution in [0.2, 0.25) is 0 Å². The van der Waals surface area contributed by atoms with Crippen LogP contribution in [0, 0.1) is 25.5 Å². The molecule has 0 unspecified atom stereocenters. The third-order valence-corrected chi connectivity index (χ3v) is 5.93. The van der Waals surface area contributed by atoms with Crippen molar-refractivity contribution in [1.29, 1.82) is 0 Å². The van der Waals surface area contributed by atoms with Crippen molar-refractivity contribution in [2.75, 3.05) is 13.2 Å². The molecule has 1 aromatic carbocycles. The summed E-state index contributed by atoms with van der Waals surface area (Å²) in [5.74, 6) is -0.395. The van der Waals surface area contributed by atoms with Gasteiger partial charge >= 0.3 is 0 Å². The molecule has 0 amide bonds. The number of hydrogen-bond donors (Lipinski definition) is 0. The standard InChI is InChI=1S/C17H15F2N3OS.C6H7N/c1-9-20-17-15(24-9)14(12-3-2-11(18)8-13(12)19)21-16(22-17)10-4-6-23-7-5-10;1-6-4-2-3-5-7-6/h2-3,8,10H,4-7H2,1H3;2-5H,1H3. The van der Waals surface area contributed by atoms with Crippen LogP contribution in [0.1, 0.15) is 35.3 Å². The molecule has 0 radical (unpaired) electrons. The summed E-state index contributed by atoms with van der Waals surface area (Å²) in [6.45, 7) is 5.19. The molecule has 0 bridgehead atoms. The Balaban J connectivity index is 0.000000282. The number of aryl methyl sites for hydroxylation is 2.